The molecule has 25 heavy (non-hydrogen) atoms. The van der Waals surface area contributed by atoms with Crippen LogP contribution in [0.1, 0.15) is 11.3 Å². The summed E-state index contributed by atoms with van der Waals surface area (Å²) in [6, 6.07) is 12.7. The zero-order valence-corrected chi connectivity index (χ0v) is 16.0. The first-order chi connectivity index (χ1) is 12.0. The summed E-state index contributed by atoms with van der Waals surface area (Å²) in [4.78, 5) is 16.6. The molecule has 3 rings (SSSR count). The van der Waals surface area contributed by atoms with E-state index in [4.69, 9.17) is 34.8 Å². The van der Waals surface area contributed by atoms with E-state index in [0.29, 0.717) is 27.3 Å². The topological polar surface area (TPSA) is 42.0 Å². The van der Waals surface area contributed by atoms with E-state index in [1.807, 2.05) is 29.6 Å². The minimum atomic E-state index is -0.123. The van der Waals surface area contributed by atoms with Crippen molar-refractivity contribution in [1.82, 2.24) is 10.3 Å². The summed E-state index contributed by atoms with van der Waals surface area (Å²) in [5, 5.41) is 7.25. The fourth-order valence-electron chi connectivity index (χ4n) is 2.23. The molecule has 1 N–H and O–H groups in total. The Morgan fingerprint density at radius 2 is 1.88 bits per heavy atom. The van der Waals surface area contributed by atoms with Crippen LogP contribution in [0, 0.1) is 0 Å². The van der Waals surface area contributed by atoms with Gasteiger partial charge in [-0.05, 0) is 23.8 Å². The first-order valence-corrected chi connectivity index (χ1v) is 9.44. The van der Waals surface area contributed by atoms with Gasteiger partial charge in [0.2, 0.25) is 5.91 Å². The maximum absolute atomic E-state index is 12.1. The molecule has 0 spiro atoms. The number of amides is 1. The summed E-state index contributed by atoms with van der Waals surface area (Å²) in [5.74, 6) is -0.123. The Morgan fingerprint density at radius 3 is 2.64 bits per heavy atom. The van der Waals surface area contributed by atoms with Gasteiger partial charge in [0.15, 0.2) is 0 Å². The van der Waals surface area contributed by atoms with Gasteiger partial charge in [0.05, 0.1) is 17.1 Å². The van der Waals surface area contributed by atoms with Crippen LogP contribution >= 0.6 is 46.1 Å². The van der Waals surface area contributed by atoms with Gasteiger partial charge in [0.1, 0.15) is 5.01 Å². The molecule has 0 bridgehead atoms. The number of nitrogens with zero attached hydrogens (tertiary/aromatic N) is 1. The van der Waals surface area contributed by atoms with Gasteiger partial charge in [0.25, 0.3) is 0 Å². The van der Waals surface area contributed by atoms with E-state index in [2.05, 4.69) is 10.3 Å². The Balaban J connectivity index is 1.61. The zero-order chi connectivity index (χ0) is 17.8. The minimum Gasteiger partial charge on any atom is -0.352 e. The van der Waals surface area contributed by atoms with E-state index in [9.17, 15) is 4.79 Å². The van der Waals surface area contributed by atoms with Gasteiger partial charge in [-0.25, -0.2) is 4.98 Å². The number of nitrogens with one attached hydrogen (secondary N) is 1. The third-order valence-corrected chi connectivity index (χ3v) is 5.33. The Morgan fingerprint density at radius 1 is 1.08 bits per heavy atom. The van der Waals surface area contributed by atoms with Crippen LogP contribution < -0.4 is 5.32 Å². The van der Waals surface area contributed by atoms with Gasteiger partial charge in [-0.1, -0.05) is 59.1 Å². The lowest BCUT2D eigenvalue weighted by molar-refractivity contribution is -0.120. The third kappa shape index (κ3) is 4.73. The Bertz CT molecular complexity index is 911. The predicted octanol–water partition coefficient (Wildman–Crippen LogP) is 5.63. The quantitative estimate of drug-likeness (QED) is 0.591. The van der Waals surface area contributed by atoms with Crippen molar-refractivity contribution in [2.75, 3.05) is 0 Å². The van der Waals surface area contributed by atoms with E-state index in [1.54, 1.807) is 18.2 Å². The maximum Gasteiger partial charge on any atom is 0.226 e. The van der Waals surface area contributed by atoms with E-state index in [-0.39, 0.29) is 12.3 Å². The second-order valence-electron chi connectivity index (χ2n) is 5.31. The lowest BCUT2D eigenvalue weighted by Crippen LogP contribution is -2.24. The van der Waals surface area contributed by atoms with Crippen LogP contribution in [-0.4, -0.2) is 10.9 Å². The van der Waals surface area contributed by atoms with Crippen molar-refractivity contribution in [1.29, 1.82) is 0 Å². The number of aromatic nitrogens is 1. The van der Waals surface area contributed by atoms with E-state index < -0.39 is 0 Å². The SMILES string of the molecule is O=C(Cc1csc(-c2ccccc2Cl)n1)NCc1ccc(Cl)cc1Cl. The molecule has 0 fully saturated rings. The number of carbonyl (C=O) groups is 1. The molecule has 1 heterocycles. The van der Waals surface area contributed by atoms with Crippen LogP contribution in [0.3, 0.4) is 0 Å². The summed E-state index contributed by atoms with van der Waals surface area (Å²) in [5.41, 5.74) is 2.39. The number of rotatable bonds is 5. The predicted molar refractivity (Wildman–Crippen MR) is 105 cm³/mol. The van der Waals surface area contributed by atoms with Crippen LogP contribution in [0.2, 0.25) is 15.1 Å². The molecule has 0 aliphatic rings. The van der Waals surface area contributed by atoms with Crippen molar-refractivity contribution in [2.24, 2.45) is 0 Å². The van der Waals surface area contributed by atoms with Crippen LogP contribution in [-0.2, 0) is 17.8 Å². The molecular formula is C18H13Cl3N2OS. The second-order valence-corrected chi connectivity index (χ2v) is 7.42. The smallest absolute Gasteiger partial charge is 0.226 e. The molecule has 0 saturated heterocycles. The first kappa shape index (κ1) is 18.2. The average Bonchev–Trinajstić information content (AvgIpc) is 3.02. The highest BCUT2D eigenvalue weighted by Gasteiger charge is 2.11. The van der Waals surface area contributed by atoms with Crippen LogP contribution in [0.4, 0.5) is 0 Å². The first-order valence-electron chi connectivity index (χ1n) is 7.43. The van der Waals surface area contributed by atoms with Gasteiger partial charge in [-0.2, -0.15) is 0 Å². The number of thiazole rings is 1. The minimum absolute atomic E-state index is 0.123. The average molecular weight is 412 g/mol. The normalized spacial score (nSPS) is 10.7. The molecule has 1 amide bonds. The summed E-state index contributed by atoms with van der Waals surface area (Å²) in [6.07, 6.45) is 0.201. The molecule has 128 valence electrons. The number of halogens is 3. The summed E-state index contributed by atoms with van der Waals surface area (Å²) < 4.78 is 0. The van der Waals surface area contributed by atoms with Gasteiger partial charge >= 0.3 is 0 Å². The van der Waals surface area contributed by atoms with Crippen molar-refractivity contribution in [3.8, 4) is 10.6 Å². The largest absolute Gasteiger partial charge is 0.352 e. The molecule has 7 heteroatoms. The van der Waals surface area contributed by atoms with Crippen molar-refractivity contribution in [3.05, 3.63) is 74.2 Å². The number of carbonyl (C=O) groups excluding carboxylic acids is 1. The van der Waals surface area contributed by atoms with Crippen molar-refractivity contribution in [3.63, 3.8) is 0 Å². The lowest BCUT2D eigenvalue weighted by atomic mass is 10.2. The molecule has 0 atom stereocenters. The molecule has 0 aliphatic heterocycles. The summed E-state index contributed by atoms with van der Waals surface area (Å²) in [7, 11) is 0. The lowest BCUT2D eigenvalue weighted by Gasteiger charge is -2.06. The monoisotopic (exact) mass is 410 g/mol. The standard InChI is InChI=1S/C18H13Cl3N2OS/c19-12-6-5-11(16(21)7-12)9-22-17(24)8-13-10-25-18(23-13)14-3-1-2-4-15(14)20/h1-7,10H,8-9H2,(H,22,24). The van der Waals surface area contributed by atoms with Crippen LogP contribution in [0.25, 0.3) is 10.6 Å². The highest BCUT2D eigenvalue weighted by Crippen LogP contribution is 2.30. The highest BCUT2D eigenvalue weighted by molar-refractivity contribution is 7.13. The van der Waals surface area contributed by atoms with Gasteiger partial charge < -0.3 is 5.32 Å². The number of benzene rings is 2. The fraction of sp³-hybridized carbons (Fsp3) is 0.111. The number of hydrogen-bond donors (Lipinski definition) is 1. The Kier molecular flexibility index (Phi) is 5.97. The molecule has 0 aliphatic carbocycles. The van der Waals surface area contributed by atoms with E-state index in [1.165, 1.54) is 11.3 Å². The van der Waals surface area contributed by atoms with Crippen molar-refractivity contribution < 1.29 is 4.79 Å². The molecule has 3 aromatic rings. The second kappa shape index (κ2) is 8.19. The summed E-state index contributed by atoms with van der Waals surface area (Å²) in [6.45, 7) is 0.344. The molecule has 2 aromatic carbocycles. The summed E-state index contributed by atoms with van der Waals surface area (Å²) >= 11 is 19.6. The Labute approximate surface area is 164 Å². The van der Waals surface area contributed by atoms with Crippen molar-refractivity contribution in [2.45, 2.75) is 13.0 Å². The Hall–Kier alpha value is -1.59. The van der Waals surface area contributed by atoms with Gasteiger partial charge in [0, 0.05) is 27.5 Å². The molecule has 0 unspecified atom stereocenters. The van der Waals surface area contributed by atoms with E-state index in [0.717, 1.165) is 16.1 Å². The molecular weight excluding hydrogens is 399 g/mol. The van der Waals surface area contributed by atoms with Gasteiger partial charge in [-0.3, -0.25) is 4.79 Å². The number of hydrogen-bond acceptors (Lipinski definition) is 3. The molecule has 3 nitrogen and oxygen atoms in total. The maximum atomic E-state index is 12.1. The fourth-order valence-corrected chi connectivity index (χ4v) is 3.85. The van der Waals surface area contributed by atoms with Crippen LogP contribution in [0.15, 0.2) is 47.8 Å². The molecule has 0 saturated carbocycles. The highest BCUT2D eigenvalue weighted by atomic mass is 35.5. The third-order valence-electron chi connectivity index (χ3n) is 3.49. The van der Waals surface area contributed by atoms with E-state index >= 15 is 0 Å². The van der Waals surface area contributed by atoms with Gasteiger partial charge in [-0.15, -0.1) is 11.3 Å². The zero-order valence-electron chi connectivity index (χ0n) is 12.9. The molecule has 1 aromatic heterocycles. The van der Waals surface area contributed by atoms with Crippen molar-refractivity contribution >= 4 is 52.0 Å². The molecule has 0 radical (unpaired) electrons. The van der Waals surface area contributed by atoms with Crippen LogP contribution in [0.5, 0.6) is 0 Å².